The maximum Gasteiger partial charge on any atom is 0.141 e. The van der Waals surface area contributed by atoms with Crippen molar-refractivity contribution in [1.82, 2.24) is 0 Å². The van der Waals surface area contributed by atoms with Gasteiger partial charge in [-0.3, -0.25) is 0 Å². The van der Waals surface area contributed by atoms with Crippen molar-refractivity contribution in [3.63, 3.8) is 0 Å². The first-order valence-electron chi connectivity index (χ1n) is 11.9. The zero-order valence-electron chi connectivity index (χ0n) is 17.8. The first kappa shape index (κ1) is 21.6. The number of nitrogens with zero attached hydrogens (tertiary/aromatic N) is 1. The van der Waals surface area contributed by atoms with Gasteiger partial charge in [-0.15, -0.1) is 0 Å². The molecule has 2 fully saturated rings. The molecule has 1 saturated carbocycles. The van der Waals surface area contributed by atoms with Gasteiger partial charge < -0.3 is 0 Å². The van der Waals surface area contributed by atoms with Crippen LogP contribution >= 0.6 is 0 Å². The largest absolute Gasteiger partial charge is 0.206 e. The Kier molecular flexibility index (Phi) is 8.58. The van der Waals surface area contributed by atoms with Crippen LogP contribution in [0.5, 0.6) is 0 Å². The van der Waals surface area contributed by atoms with Crippen molar-refractivity contribution in [3.05, 3.63) is 35.1 Å². The Bertz CT molecular complexity index is 636. The van der Waals surface area contributed by atoms with Crippen molar-refractivity contribution >= 4 is 8.80 Å². The summed E-state index contributed by atoms with van der Waals surface area (Å²) in [6.45, 7) is 2.36. The molecule has 1 aliphatic carbocycles. The third-order valence-corrected chi connectivity index (χ3v) is 11.3. The van der Waals surface area contributed by atoms with E-state index >= 15 is 0 Å². The van der Waals surface area contributed by atoms with Gasteiger partial charge in [0.15, 0.2) is 0 Å². The molecule has 0 aromatic heterocycles. The van der Waals surface area contributed by atoms with Crippen LogP contribution in [0.15, 0.2) is 18.2 Å². The van der Waals surface area contributed by atoms with Crippen molar-refractivity contribution in [2.45, 2.75) is 95.7 Å². The molecule has 0 bridgehead atoms. The highest BCUT2D eigenvalue weighted by Gasteiger charge is 2.30. The minimum absolute atomic E-state index is 0.154. The normalized spacial score (nSPS) is 28.0. The average Bonchev–Trinajstić information content (AvgIpc) is 2.73. The summed E-state index contributed by atoms with van der Waals surface area (Å²) >= 11 is 0. The van der Waals surface area contributed by atoms with Crippen molar-refractivity contribution in [1.29, 1.82) is 5.26 Å². The first-order chi connectivity index (χ1) is 13.7. The maximum absolute atomic E-state index is 13.7. The minimum Gasteiger partial charge on any atom is -0.206 e. The highest BCUT2D eigenvalue weighted by molar-refractivity contribution is 6.58. The van der Waals surface area contributed by atoms with Gasteiger partial charge in [0.25, 0.3) is 0 Å². The molecule has 1 nitrogen and oxygen atoms in total. The maximum atomic E-state index is 13.7. The van der Waals surface area contributed by atoms with Crippen LogP contribution in [0.4, 0.5) is 4.39 Å². The zero-order chi connectivity index (χ0) is 19.8. The predicted molar refractivity (Wildman–Crippen MR) is 119 cm³/mol. The Balaban J connectivity index is 1.30. The molecule has 1 saturated heterocycles. The second-order valence-electron chi connectivity index (χ2n) is 9.52. The Morgan fingerprint density at radius 2 is 1.75 bits per heavy atom. The van der Waals surface area contributed by atoms with E-state index in [0.29, 0.717) is 0 Å². The highest BCUT2D eigenvalue weighted by Crippen LogP contribution is 2.42. The van der Waals surface area contributed by atoms with E-state index in [9.17, 15) is 4.39 Å². The second-order valence-corrected chi connectivity index (χ2v) is 13.0. The molecule has 0 unspecified atom stereocenters. The number of nitriles is 1. The van der Waals surface area contributed by atoms with Crippen LogP contribution < -0.4 is 0 Å². The van der Waals surface area contributed by atoms with Crippen LogP contribution in [-0.4, -0.2) is 8.80 Å². The zero-order valence-corrected chi connectivity index (χ0v) is 18.9. The van der Waals surface area contributed by atoms with E-state index in [1.54, 1.807) is 43.1 Å². The summed E-state index contributed by atoms with van der Waals surface area (Å²) < 4.78 is 13.7. The molecule has 1 aromatic rings. The molecular formula is C25H38FNSi. The van der Waals surface area contributed by atoms with Crippen molar-refractivity contribution in [2.75, 3.05) is 0 Å². The van der Waals surface area contributed by atoms with Gasteiger partial charge in [0.1, 0.15) is 11.9 Å². The Hall–Kier alpha value is -1.14. The van der Waals surface area contributed by atoms with Crippen LogP contribution in [0.1, 0.15) is 82.3 Å². The van der Waals surface area contributed by atoms with Gasteiger partial charge in [0.05, 0.1) is 5.56 Å². The lowest BCUT2D eigenvalue weighted by Crippen LogP contribution is -2.28. The number of hydrogen-bond acceptors (Lipinski definition) is 1. The van der Waals surface area contributed by atoms with E-state index in [1.165, 1.54) is 44.9 Å². The van der Waals surface area contributed by atoms with Crippen molar-refractivity contribution in [2.24, 2.45) is 17.8 Å². The fraction of sp³-hybridized carbons (Fsp3) is 0.720. The molecule has 3 rings (SSSR count). The fourth-order valence-electron chi connectivity index (χ4n) is 5.87. The molecule has 0 radical (unpaired) electrons. The summed E-state index contributed by atoms with van der Waals surface area (Å²) in [7, 11) is -0.324. The highest BCUT2D eigenvalue weighted by atomic mass is 28.3. The van der Waals surface area contributed by atoms with E-state index in [1.807, 2.05) is 12.1 Å². The standard InChI is InChI=1S/C25H38FNSi/c1-2-15-28-16-13-23(14-17-28)22-10-7-20(8-11-22)5-3-4-6-21-9-12-24(19-27)25(26)18-21/h9,12,18,20,22-23,28H,2-8,10-11,13-17H2,1H3/t20-,22-,23-,28-. The first-order valence-corrected chi connectivity index (χ1v) is 14.3. The van der Waals surface area contributed by atoms with Crippen molar-refractivity contribution in [3.8, 4) is 6.07 Å². The third kappa shape index (κ3) is 6.18. The predicted octanol–water partition coefficient (Wildman–Crippen LogP) is 7.26. The minimum atomic E-state index is -0.371. The lowest BCUT2D eigenvalue weighted by atomic mass is 9.73. The number of halogens is 1. The molecule has 0 amide bonds. The fourth-order valence-corrected chi connectivity index (χ4v) is 9.35. The van der Waals surface area contributed by atoms with Gasteiger partial charge in [0.2, 0.25) is 0 Å². The summed E-state index contributed by atoms with van der Waals surface area (Å²) in [4.78, 5) is 0. The Morgan fingerprint density at radius 3 is 2.39 bits per heavy atom. The van der Waals surface area contributed by atoms with Crippen LogP contribution in [0.25, 0.3) is 0 Å². The van der Waals surface area contributed by atoms with Crippen LogP contribution in [0.2, 0.25) is 18.1 Å². The lowest BCUT2D eigenvalue weighted by molar-refractivity contribution is 0.184. The summed E-state index contributed by atoms with van der Waals surface area (Å²) in [5, 5.41) is 8.81. The summed E-state index contributed by atoms with van der Waals surface area (Å²) in [5.74, 6) is 2.66. The molecule has 1 aliphatic heterocycles. The quantitative estimate of drug-likeness (QED) is 0.333. The van der Waals surface area contributed by atoms with Crippen molar-refractivity contribution < 1.29 is 4.39 Å². The topological polar surface area (TPSA) is 23.8 Å². The average molecular weight is 400 g/mol. The van der Waals surface area contributed by atoms with E-state index in [-0.39, 0.29) is 20.2 Å². The number of benzene rings is 1. The van der Waals surface area contributed by atoms with Gasteiger partial charge in [-0.05, 0) is 61.1 Å². The molecule has 1 heterocycles. The van der Waals surface area contributed by atoms with Gasteiger partial charge in [-0.1, -0.05) is 76.1 Å². The molecule has 0 spiro atoms. The summed E-state index contributed by atoms with van der Waals surface area (Å²) in [6, 6.07) is 11.8. The second kappa shape index (κ2) is 11.1. The van der Waals surface area contributed by atoms with Crippen LogP contribution in [-0.2, 0) is 6.42 Å². The summed E-state index contributed by atoms with van der Waals surface area (Å²) in [6.07, 6.45) is 15.1. The lowest BCUT2D eigenvalue weighted by Gasteiger charge is -2.37. The van der Waals surface area contributed by atoms with Crippen LogP contribution in [0.3, 0.4) is 0 Å². The van der Waals surface area contributed by atoms with E-state index in [4.69, 9.17) is 5.26 Å². The molecule has 154 valence electrons. The molecular weight excluding hydrogens is 361 g/mol. The number of rotatable bonds is 8. The number of unbranched alkanes of at least 4 members (excludes halogenated alkanes) is 1. The molecule has 2 aliphatic rings. The van der Waals surface area contributed by atoms with Gasteiger partial charge in [-0.2, -0.15) is 5.26 Å². The molecule has 28 heavy (non-hydrogen) atoms. The molecule has 0 atom stereocenters. The van der Waals surface area contributed by atoms with Gasteiger partial charge in [-0.25, -0.2) is 4.39 Å². The third-order valence-electron chi connectivity index (χ3n) is 7.63. The smallest absolute Gasteiger partial charge is 0.141 e. The Morgan fingerprint density at radius 1 is 1.04 bits per heavy atom. The van der Waals surface area contributed by atoms with Gasteiger partial charge in [0, 0.05) is 8.80 Å². The Labute approximate surface area is 173 Å². The van der Waals surface area contributed by atoms with E-state index in [2.05, 4.69) is 6.92 Å². The van der Waals surface area contributed by atoms with Gasteiger partial charge >= 0.3 is 0 Å². The monoisotopic (exact) mass is 399 g/mol. The van der Waals surface area contributed by atoms with Crippen LogP contribution in [0, 0.1) is 34.9 Å². The number of hydrogen-bond donors (Lipinski definition) is 0. The molecule has 1 aromatic carbocycles. The molecule has 3 heteroatoms. The van der Waals surface area contributed by atoms with E-state index < -0.39 is 0 Å². The summed E-state index contributed by atoms with van der Waals surface area (Å²) in [5.41, 5.74) is 1.18. The number of aryl methyl sites for hydroxylation is 1. The molecule has 0 N–H and O–H groups in total. The van der Waals surface area contributed by atoms with E-state index in [0.717, 1.165) is 36.2 Å². The SMILES string of the molecule is CCC[Si@H]1CC[C@H]([C@H]2CC[C@H](CCCCc3ccc(C#N)c(F)c3)CC2)CC1.